The van der Waals surface area contributed by atoms with Crippen LogP contribution in [-0.2, 0) is 19.1 Å². The van der Waals surface area contributed by atoms with Gasteiger partial charge in [0.15, 0.2) is 4.34 Å². The van der Waals surface area contributed by atoms with Gasteiger partial charge in [-0.05, 0) is 45.4 Å². The number of carbonyl (C=O) groups excluding carboxylic acids is 3. The van der Waals surface area contributed by atoms with Gasteiger partial charge in [0.25, 0.3) is 0 Å². The monoisotopic (exact) mass is 524 g/mol. The Labute approximate surface area is 211 Å². The van der Waals surface area contributed by atoms with Crippen molar-refractivity contribution in [1.82, 2.24) is 20.4 Å². The third-order valence-electron chi connectivity index (χ3n) is 7.31. The average Bonchev–Trinajstić information content (AvgIpc) is 3.48. The molecule has 4 fully saturated rings. The number of carbonyl (C=O) groups is 3. The normalized spacial score (nSPS) is 29.6. The van der Waals surface area contributed by atoms with Crippen molar-refractivity contribution in [2.45, 2.75) is 74.0 Å². The maximum atomic E-state index is 13.7. The summed E-state index contributed by atoms with van der Waals surface area (Å²) in [6.07, 6.45) is 3.30. The third-order valence-corrected chi connectivity index (χ3v) is 9.25. The minimum absolute atomic E-state index is 0.0241. The van der Waals surface area contributed by atoms with Crippen molar-refractivity contribution >= 4 is 46.0 Å². The number of ether oxygens (including phenoxy) is 1. The van der Waals surface area contributed by atoms with E-state index < -0.39 is 17.6 Å². The Balaban J connectivity index is 1.26. The number of hydrogen-bond donors (Lipinski definition) is 2. The Morgan fingerprint density at radius 1 is 1.26 bits per heavy atom. The summed E-state index contributed by atoms with van der Waals surface area (Å²) in [5.74, 6) is -0.499. The molecule has 1 aromatic heterocycles. The van der Waals surface area contributed by atoms with E-state index in [0.29, 0.717) is 35.3 Å². The van der Waals surface area contributed by atoms with Crippen LogP contribution in [0.2, 0.25) is 0 Å². The third kappa shape index (κ3) is 5.76. The van der Waals surface area contributed by atoms with E-state index in [1.165, 1.54) is 28.0 Å². The highest BCUT2D eigenvalue weighted by Gasteiger charge is 2.52. The van der Waals surface area contributed by atoms with Crippen LogP contribution in [0.3, 0.4) is 0 Å². The Kier molecular flexibility index (Phi) is 7.92. The molecule has 10 nitrogen and oxygen atoms in total. The van der Waals surface area contributed by atoms with Crippen molar-refractivity contribution in [3.05, 3.63) is 0 Å². The predicted molar refractivity (Wildman–Crippen MR) is 127 cm³/mol. The van der Waals surface area contributed by atoms with Gasteiger partial charge in [0.2, 0.25) is 16.9 Å². The van der Waals surface area contributed by atoms with Gasteiger partial charge in [0.05, 0.1) is 31.5 Å². The lowest BCUT2D eigenvalue weighted by Gasteiger charge is -2.52. The van der Waals surface area contributed by atoms with Gasteiger partial charge in [-0.1, -0.05) is 23.1 Å². The van der Waals surface area contributed by atoms with Crippen LogP contribution in [0.5, 0.6) is 0 Å². The van der Waals surface area contributed by atoms with Crippen LogP contribution >= 0.6 is 23.1 Å². The van der Waals surface area contributed by atoms with Crippen molar-refractivity contribution in [1.29, 1.82) is 5.26 Å². The van der Waals surface area contributed by atoms with E-state index in [4.69, 9.17) is 4.74 Å². The number of nitriles is 1. The zero-order valence-corrected chi connectivity index (χ0v) is 21.2. The first kappa shape index (κ1) is 25.8. The number of esters is 1. The molecule has 2 atom stereocenters. The Bertz CT molecular complexity index is 990. The van der Waals surface area contributed by atoms with Gasteiger partial charge in [0.1, 0.15) is 12.2 Å². The van der Waals surface area contributed by atoms with Crippen molar-refractivity contribution < 1.29 is 23.5 Å². The number of halogens is 1. The van der Waals surface area contributed by atoms with Gasteiger partial charge in [0, 0.05) is 17.4 Å². The molecule has 5 rings (SSSR count). The molecule has 190 valence electrons. The number of fused-ring (bicyclic) bond motifs is 3. The van der Waals surface area contributed by atoms with Crippen molar-refractivity contribution in [2.24, 2.45) is 5.41 Å². The van der Waals surface area contributed by atoms with Crippen LogP contribution in [-0.4, -0.2) is 76.1 Å². The van der Waals surface area contributed by atoms with Crippen LogP contribution < -0.4 is 10.6 Å². The number of nitrogens with zero attached hydrogens (tertiary/aromatic N) is 4. The number of alkyl halides is 1. The Hall–Kier alpha value is -2.30. The number of nitrogens with one attached hydrogen (secondary N) is 2. The summed E-state index contributed by atoms with van der Waals surface area (Å²) >= 11 is 2.45. The smallest absolute Gasteiger partial charge is 0.316 e. The summed E-state index contributed by atoms with van der Waals surface area (Å²) in [7, 11) is 0. The molecule has 3 saturated carbocycles. The fourth-order valence-corrected chi connectivity index (χ4v) is 6.76. The molecule has 2 bridgehead atoms. The molecule has 0 aromatic carbocycles. The van der Waals surface area contributed by atoms with Gasteiger partial charge in [-0.3, -0.25) is 14.4 Å². The minimum Gasteiger partial charge on any atom is -0.465 e. The highest BCUT2D eigenvalue weighted by Crippen LogP contribution is 2.53. The summed E-state index contributed by atoms with van der Waals surface area (Å²) in [5.41, 5.74) is -0.687. The molecule has 0 unspecified atom stereocenters. The Morgan fingerprint density at radius 3 is 2.63 bits per heavy atom. The first-order valence-electron chi connectivity index (χ1n) is 11.8. The fourth-order valence-electron chi connectivity index (χ4n) is 5.21. The molecule has 13 heteroatoms. The lowest BCUT2D eigenvalue weighted by molar-refractivity contribution is -0.139. The zero-order valence-electron chi connectivity index (χ0n) is 19.5. The van der Waals surface area contributed by atoms with Crippen molar-refractivity contribution in [3.8, 4) is 6.07 Å². The van der Waals surface area contributed by atoms with Crippen molar-refractivity contribution in [2.75, 3.05) is 30.8 Å². The molecule has 0 radical (unpaired) electrons. The number of likely N-dealkylation sites (tertiary alicyclic amines) is 1. The average molecular weight is 525 g/mol. The molecule has 1 saturated heterocycles. The second kappa shape index (κ2) is 10.8. The Morgan fingerprint density at radius 2 is 1.97 bits per heavy atom. The molecule has 2 heterocycles. The first-order valence-corrected chi connectivity index (χ1v) is 13.6. The summed E-state index contributed by atoms with van der Waals surface area (Å²) in [4.78, 5) is 38.6. The first-order chi connectivity index (χ1) is 16.8. The minimum atomic E-state index is -1.15. The number of hydrogen-bond acceptors (Lipinski definition) is 10. The molecular weight excluding hydrogens is 495 g/mol. The molecule has 2 amide bonds. The fraction of sp³-hybridized carbons (Fsp3) is 0.727. The second-order valence-corrected chi connectivity index (χ2v) is 11.6. The number of anilines is 1. The molecule has 1 aliphatic heterocycles. The number of thioether (sulfide) groups is 1. The van der Waals surface area contributed by atoms with Crippen LogP contribution in [0.15, 0.2) is 4.34 Å². The lowest BCUT2D eigenvalue weighted by Crippen LogP contribution is -2.59. The van der Waals surface area contributed by atoms with Gasteiger partial charge < -0.3 is 20.3 Å². The van der Waals surface area contributed by atoms with Crippen LogP contribution in [0, 0.1) is 16.7 Å². The van der Waals surface area contributed by atoms with E-state index >= 15 is 0 Å². The molecule has 3 aliphatic carbocycles. The second-order valence-electron chi connectivity index (χ2n) is 9.36. The maximum Gasteiger partial charge on any atom is 0.316 e. The van der Waals surface area contributed by atoms with Gasteiger partial charge in [-0.15, -0.1) is 10.2 Å². The van der Waals surface area contributed by atoms with E-state index in [1.54, 1.807) is 6.92 Å². The van der Waals surface area contributed by atoms with Crippen molar-refractivity contribution in [3.63, 3.8) is 0 Å². The number of aromatic nitrogens is 2. The van der Waals surface area contributed by atoms with E-state index in [2.05, 4.69) is 20.8 Å². The van der Waals surface area contributed by atoms with E-state index in [9.17, 15) is 24.0 Å². The summed E-state index contributed by atoms with van der Waals surface area (Å²) in [5, 5.41) is 23.9. The zero-order chi connectivity index (χ0) is 25.1. The van der Waals surface area contributed by atoms with Gasteiger partial charge in [-0.25, -0.2) is 4.39 Å². The standard InChI is InChI=1S/C22H29FN6O4S2/c1-2-33-17(31)13-34-20-28-27-19(35-20)26-18(32)21-3-6-22(7-4-21,8-5-21)25-11-16(30)29-12-14(23)9-15(29)10-24/h14-15,25H,2-9,11-13H2,1H3,(H,26,27,32)/t14-,15-,21?,22?/m0/s1. The van der Waals surface area contributed by atoms with Gasteiger partial charge in [-0.2, -0.15) is 5.26 Å². The molecule has 1 aromatic rings. The summed E-state index contributed by atoms with van der Waals surface area (Å²) in [6, 6.07) is 1.31. The molecule has 0 spiro atoms. The van der Waals surface area contributed by atoms with E-state index in [1.807, 2.05) is 6.07 Å². The quantitative estimate of drug-likeness (QED) is 0.283. The van der Waals surface area contributed by atoms with Crippen LogP contribution in [0.25, 0.3) is 0 Å². The molecule has 35 heavy (non-hydrogen) atoms. The maximum absolute atomic E-state index is 13.7. The summed E-state index contributed by atoms with van der Waals surface area (Å²) in [6.45, 7) is 2.12. The van der Waals surface area contributed by atoms with E-state index in [-0.39, 0.29) is 48.6 Å². The number of rotatable bonds is 9. The SMILES string of the molecule is CCOC(=O)CSc1nnc(NC(=O)C23CCC(NCC(=O)N4C[C@@H](F)C[C@H]4C#N)(CC2)CC3)s1. The number of amides is 2. The van der Waals surface area contributed by atoms with E-state index in [0.717, 1.165) is 19.3 Å². The highest BCUT2D eigenvalue weighted by atomic mass is 32.2. The molecule has 4 aliphatic rings. The largest absolute Gasteiger partial charge is 0.465 e. The topological polar surface area (TPSA) is 137 Å². The van der Waals surface area contributed by atoms with Crippen LogP contribution in [0.4, 0.5) is 9.52 Å². The summed E-state index contributed by atoms with van der Waals surface area (Å²) < 4.78 is 19.1. The highest BCUT2D eigenvalue weighted by molar-refractivity contribution is 8.01. The van der Waals surface area contributed by atoms with Crippen LogP contribution in [0.1, 0.15) is 51.9 Å². The molecule has 2 N–H and O–H groups in total. The predicted octanol–water partition coefficient (Wildman–Crippen LogP) is 2.28. The molecular formula is C22H29FN6O4S2. The van der Waals surface area contributed by atoms with Gasteiger partial charge >= 0.3 is 5.97 Å². The lowest BCUT2D eigenvalue weighted by atomic mass is 9.57.